The number of hydrogen-bond donors (Lipinski definition) is 1. The first-order valence-corrected chi connectivity index (χ1v) is 7.98. The van der Waals surface area contributed by atoms with Gasteiger partial charge >= 0.3 is 5.97 Å². The summed E-state index contributed by atoms with van der Waals surface area (Å²) in [5.74, 6) is 0.0763. The van der Waals surface area contributed by atoms with Gasteiger partial charge in [-0.2, -0.15) is 0 Å². The summed E-state index contributed by atoms with van der Waals surface area (Å²) in [4.78, 5) is 24.1. The van der Waals surface area contributed by atoms with E-state index in [1.165, 1.54) is 7.11 Å². The lowest BCUT2D eigenvalue weighted by atomic mass is 9.44. The third kappa shape index (κ3) is 2.08. The van der Waals surface area contributed by atoms with Crippen molar-refractivity contribution in [2.45, 2.75) is 45.1 Å². The molecule has 4 heteroatoms. The van der Waals surface area contributed by atoms with Crippen molar-refractivity contribution in [1.29, 1.82) is 0 Å². The Bertz CT molecular complexity index is 563. The van der Waals surface area contributed by atoms with E-state index in [0.29, 0.717) is 12.8 Å². The van der Waals surface area contributed by atoms with Gasteiger partial charge < -0.3 is 9.84 Å². The molecule has 120 valence electrons. The molecule has 4 aliphatic carbocycles. The highest BCUT2D eigenvalue weighted by Gasteiger charge is 2.60. The molecule has 4 nitrogen and oxygen atoms in total. The summed E-state index contributed by atoms with van der Waals surface area (Å²) < 4.78 is 4.73. The predicted octanol–water partition coefficient (Wildman–Crippen LogP) is 2.42. The van der Waals surface area contributed by atoms with Crippen LogP contribution in [0.4, 0.5) is 0 Å². The van der Waals surface area contributed by atoms with E-state index in [4.69, 9.17) is 4.74 Å². The second kappa shape index (κ2) is 5.05. The maximum Gasteiger partial charge on any atom is 0.305 e. The number of ether oxygens (including phenoxy) is 1. The fourth-order valence-electron chi connectivity index (χ4n) is 5.01. The number of aliphatic hydroxyl groups is 1. The molecule has 0 aromatic rings. The van der Waals surface area contributed by atoms with Gasteiger partial charge in [-0.3, -0.25) is 9.59 Å². The van der Waals surface area contributed by atoms with Crippen LogP contribution >= 0.6 is 0 Å². The Kier molecular flexibility index (Phi) is 3.55. The first-order chi connectivity index (χ1) is 10.3. The number of aliphatic hydroxyl groups excluding tert-OH is 1. The monoisotopic (exact) mass is 304 g/mol. The molecule has 1 N–H and O–H groups in total. The van der Waals surface area contributed by atoms with Gasteiger partial charge in [0, 0.05) is 17.8 Å². The summed E-state index contributed by atoms with van der Waals surface area (Å²) >= 11 is 0. The van der Waals surface area contributed by atoms with Crippen molar-refractivity contribution >= 4 is 11.8 Å². The second-order valence-electron chi connectivity index (χ2n) is 7.43. The Morgan fingerprint density at radius 1 is 1.55 bits per heavy atom. The molecule has 4 aliphatic rings. The molecule has 0 aromatic carbocycles. The Labute approximate surface area is 131 Å². The van der Waals surface area contributed by atoms with Gasteiger partial charge in [0.1, 0.15) is 0 Å². The summed E-state index contributed by atoms with van der Waals surface area (Å²) in [6.45, 7) is 6.11. The SMILES string of the molecule is C=C1C[C@@]23C=CC(=O)[C@@](C)(CCC(=O)OC)[C@H]2C[C@@H]1[C@@H](O)C3. The first kappa shape index (κ1) is 15.5. The Morgan fingerprint density at radius 3 is 2.91 bits per heavy atom. The van der Waals surface area contributed by atoms with Crippen LogP contribution in [-0.4, -0.2) is 30.1 Å². The van der Waals surface area contributed by atoms with E-state index >= 15 is 0 Å². The fraction of sp³-hybridized carbons (Fsp3) is 0.667. The number of methoxy groups -OCH3 is 1. The largest absolute Gasteiger partial charge is 0.469 e. The molecule has 3 fully saturated rings. The summed E-state index contributed by atoms with van der Waals surface area (Å²) in [5, 5.41) is 10.3. The van der Waals surface area contributed by atoms with Gasteiger partial charge in [-0.1, -0.05) is 25.2 Å². The van der Waals surface area contributed by atoms with Crippen LogP contribution in [-0.2, 0) is 14.3 Å². The predicted molar refractivity (Wildman–Crippen MR) is 81.9 cm³/mol. The number of fused-ring (bicyclic) bond motifs is 2. The molecule has 3 saturated carbocycles. The maximum atomic E-state index is 12.6. The highest BCUT2D eigenvalue weighted by molar-refractivity contribution is 5.96. The second-order valence-corrected chi connectivity index (χ2v) is 7.43. The average Bonchev–Trinajstić information content (AvgIpc) is 2.48. The lowest BCUT2D eigenvalue weighted by molar-refractivity contribution is -0.147. The highest BCUT2D eigenvalue weighted by Crippen LogP contribution is 2.64. The van der Waals surface area contributed by atoms with Gasteiger partial charge in [-0.05, 0) is 43.1 Å². The molecule has 0 radical (unpaired) electrons. The number of carbonyl (C=O) groups is 2. The maximum absolute atomic E-state index is 12.6. The number of esters is 1. The van der Waals surface area contributed by atoms with Crippen molar-refractivity contribution in [2.24, 2.45) is 22.7 Å². The normalized spacial score (nSPS) is 43.1. The molecular formula is C18H24O4. The molecule has 0 saturated heterocycles. The van der Waals surface area contributed by atoms with Crippen molar-refractivity contribution < 1.29 is 19.4 Å². The van der Waals surface area contributed by atoms with Gasteiger partial charge in [0.05, 0.1) is 13.2 Å². The molecule has 1 spiro atoms. The highest BCUT2D eigenvalue weighted by atomic mass is 16.5. The molecule has 0 heterocycles. The molecule has 5 atom stereocenters. The summed E-state index contributed by atoms with van der Waals surface area (Å²) in [7, 11) is 1.37. The van der Waals surface area contributed by atoms with E-state index in [1.807, 2.05) is 13.0 Å². The lowest BCUT2D eigenvalue weighted by Crippen LogP contribution is -2.57. The molecule has 2 bridgehead atoms. The summed E-state index contributed by atoms with van der Waals surface area (Å²) in [6, 6.07) is 0. The molecule has 4 rings (SSSR count). The van der Waals surface area contributed by atoms with Crippen LogP contribution in [0.2, 0.25) is 0 Å². The van der Waals surface area contributed by atoms with Crippen LogP contribution in [0.5, 0.6) is 0 Å². The van der Waals surface area contributed by atoms with Gasteiger partial charge in [0.25, 0.3) is 0 Å². The fourth-order valence-corrected chi connectivity index (χ4v) is 5.01. The van der Waals surface area contributed by atoms with E-state index in [2.05, 4.69) is 6.58 Å². The van der Waals surface area contributed by atoms with E-state index in [1.54, 1.807) is 6.08 Å². The number of allylic oxidation sites excluding steroid dienone is 2. The van der Waals surface area contributed by atoms with Crippen LogP contribution in [0.3, 0.4) is 0 Å². The minimum atomic E-state index is -0.554. The van der Waals surface area contributed by atoms with E-state index < -0.39 is 5.41 Å². The van der Waals surface area contributed by atoms with Crippen molar-refractivity contribution in [3.05, 3.63) is 24.3 Å². The van der Waals surface area contributed by atoms with Crippen LogP contribution in [0.1, 0.15) is 39.0 Å². The smallest absolute Gasteiger partial charge is 0.305 e. The Balaban J connectivity index is 1.93. The van der Waals surface area contributed by atoms with Crippen LogP contribution < -0.4 is 0 Å². The molecule has 0 amide bonds. The third-order valence-electron chi connectivity index (χ3n) is 6.29. The van der Waals surface area contributed by atoms with Gasteiger partial charge in [-0.25, -0.2) is 0 Å². The van der Waals surface area contributed by atoms with Crippen molar-refractivity contribution in [3.8, 4) is 0 Å². The zero-order valence-electron chi connectivity index (χ0n) is 13.3. The Hall–Kier alpha value is -1.42. The van der Waals surface area contributed by atoms with Crippen molar-refractivity contribution in [1.82, 2.24) is 0 Å². The number of rotatable bonds is 3. The van der Waals surface area contributed by atoms with Crippen LogP contribution in [0.25, 0.3) is 0 Å². The van der Waals surface area contributed by atoms with E-state index in [9.17, 15) is 14.7 Å². The zero-order chi connectivity index (χ0) is 16.1. The average molecular weight is 304 g/mol. The van der Waals surface area contributed by atoms with Crippen molar-refractivity contribution in [2.75, 3.05) is 7.11 Å². The molecular weight excluding hydrogens is 280 g/mol. The van der Waals surface area contributed by atoms with Gasteiger partial charge in [0.15, 0.2) is 5.78 Å². The summed E-state index contributed by atoms with van der Waals surface area (Å²) in [6.07, 6.45) is 6.39. The topological polar surface area (TPSA) is 63.6 Å². The minimum absolute atomic E-state index is 0.0867. The number of carbonyl (C=O) groups excluding carboxylic acids is 2. The van der Waals surface area contributed by atoms with Crippen LogP contribution in [0.15, 0.2) is 24.3 Å². The summed E-state index contributed by atoms with van der Waals surface area (Å²) in [5.41, 5.74) is 0.371. The molecule has 0 aliphatic heterocycles. The minimum Gasteiger partial charge on any atom is -0.469 e. The lowest BCUT2D eigenvalue weighted by Gasteiger charge is -2.60. The zero-order valence-corrected chi connectivity index (χ0v) is 13.3. The van der Waals surface area contributed by atoms with Crippen LogP contribution in [0, 0.1) is 22.7 Å². The van der Waals surface area contributed by atoms with Gasteiger partial charge in [-0.15, -0.1) is 0 Å². The quantitative estimate of drug-likeness (QED) is 0.642. The van der Waals surface area contributed by atoms with E-state index in [-0.39, 0.29) is 41.5 Å². The Morgan fingerprint density at radius 2 is 2.27 bits per heavy atom. The molecule has 0 unspecified atom stereocenters. The third-order valence-corrected chi connectivity index (χ3v) is 6.29. The van der Waals surface area contributed by atoms with Gasteiger partial charge in [0.2, 0.25) is 0 Å². The first-order valence-electron chi connectivity index (χ1n) is 7.98. The number of ketones is 1. The molecule has 22 heavy (non-hydrogen) atoms. The van der Waals surface area contributed by atoms with E-state index in [0.717, 1.165) is 18.4 Å². The standard InChI is InChI=1S/C18H24O4/c1-11-9-18-7-4-15(20)17(2,6-5-16(21)22-3)14(18)8-12(11)13(19)10-18/h4,7,12-14,19H,1,5-6,8-10H2,2-3H3/t12-,13-,14+,17-,18+/m0/s1. The van der Waals surface area contributed by atoms with Crippen molar-refractivity contribution in [3.63, 3.8) is 0 Å². The molecule has 0 aromatic heterocycles. The number of hydrogen-bond acceptors (Lipinski definition) is 4.